The van der Waals surface area contributed by atoms with E-state index in [1.54, 1.807) is 6.92 Å². The van der Waals surface area contributed by atoms with E-state index in [4.69, 9.17) is 9.47 Å². The molecule has 3 amide bonds. The fraction of sp³-hybridized carbons (Fsp3) is 0.800. The molecule has 2 N–H and O–H groups in total. The monoisotopic (exact) mass is 411 g/mol. The molecule has 2 rings (SSSR count). The molecule has 0 aliphatic carbocycles. The van der Waals surface area contributed by atoms with Gasteiger partial charge in [0.25, 0.3) is 11.8 Å². The lowest BCUT2D eigenvalue weighted by molar-refractivity contribution is -0.154. The lowest BCUT2D eigenvalue weighted by atomic mass is 9.97. The van der Waals surface area contributed by atoms with Gasteiger partial charge in [0.05, 0.1) is 6.61 Å². The number of rotatable bonds is 10. The number of esters is 1. The number of nitrogens with zero attached hydrogens (tertiary/aromatic N) is 1. The fourth-order valence-corrected chi connectivity index (χ4v) is 3.47. The predicted molar refractivity (Wildman–Crippen MR) is 105 cm³/mol. The van der Waals surface area contributed by atoms with E-state index in [1.807, 2.05) is 20.8 Å². The van der Waals surface area contributed by atoms with Gasteiger partial charge in [-0.15, -0.1) is 0 Å². The molecule has 2 saturated heterocycles. The molecule has 9 nitrogen and oxygen atoms in total. The highest BCUT2D eigenvalue weighted by atomic mass is 16.6. The summed E-state index contributed by atoms with van der Waals surface area (Å²) in [5.41, 5.74) is 0. The van der Waals surface area contributed by atoms with Crippen LogP contribution in [0, 0.1) is 5.92 Å². The molecule has 0 saturated carbocycles. The van der Waals surface area contributed by atoms with E-state index in [1.165, 1.54) is 4.90 Å². The third-order valence-corrected chi connectivity index (χ3v) is 5.43. The Hall–Kier alpha value is -2.16. The zero-order chi connectivity index (χ0) is 21.6. The normalized spacial score (nSPS) is 25.1. The summed E-state index contributed by atoms with van der Waals surface area (Å²) in [6.45, 7) is 8.68. The smallest absolute Gasteiger partial charge is 0.328 e. The Kier molecular flexibility index (Phi) is 8.43. The number of nitrogens with one attached hydrogen (secondary N) is 2. The lowest BCUT2D eigenvalue weighted by Gasteiger charge is -2.30. The Bertz CT molecular complexity index is 625. The van der Waals surface area contributed by atoms with Gasteiger partial charge in [0.15, 0.2) is 12.2 Å². The van der Waals surface area contributed by atoms with Crippen LogP contribution < -0.4 is 10.6 Å². The number of carbonyl (C=O) groups is 4. The highest BCUT2D eigenvalue weighted by Gasteiger charge is 2.51. The molecule has 2 aliphatic rings. The number of ether oxygens (including phenoxy) is 2. The molecule has 2 fully saturated rings. The quantitative estimate of drug-likeness (QED) is 0.396. The predicted octanol–water partition coefficient (Wildman–Crippen LogP) is 0.365. The Morgan fingerprint density at radius 1 is 1.14 bits per heavy atom. The first-order chi connectivity index (χ1) is 13.8. The highest BCUT2D eigenvalue weighted by molar-refractivity contribution is 5.97. The van der Waals surface area contributed by atoms with Gasteiger partial charge in [0, 0.05) is 13.1 Å². The number of hydrogen-bond acceptors (Lipinski definition) is 6. The SMILES string of the molecule is CCCNC(=O)[C@H]1OC1C(=O)N[C@H](C(=O)N1CCC[C@@H]1C(=O)OCC)[C@@H](C)CC. The van der Waals surface area contributed by atoms with Gasteiger partial charge in [-0.1, -0.05) is 27.2 Å². The average molecular weight is 411 g/mol. The molecule has 9 heteroatoms. The van der Waals surface area contributed by atoms with Crippen molar-refractivity contribution in [3.8, 4) is 0 Å². The minimum atomic E-state index is -0.884. The first-order valence-corrected chi connectivity index (χ1v) is 10.6. The van der Waals surface area contributed by atoms with Crippen LogP contribution in [0.2, 0.25) is 0 Å². The summed E-state index contributed by atoms with van der Waals surface area (Å²) in [4.78, 5) is 51.4. The molecule has 0 radical (unpaired) electrons. The number of amides is 3. The maximum absolute atomic E-state index is 13.2. The lowest BCUT2D eigenvalue weighted by Crippen LogP contribution is -2.55. The second-order valence-corrected chi connectivity index (χ2v) is 7.58. The van der Waals surface area contributed by atoms with Crippen LogP contribution in [-0.2, 0) is 28.7 Å². The maximum atomic E-state index is 13.2. The minimum absolute atomic E-state index is 0.138. The summed E-state index contributed by atoms with van der Waals surface area (Å²) in [7, 11) is 0. The van der Waals surface area contributed by atoms with E-state index in [0.717, 1.165) is 6.42 Å². The van der Waals surface area contributed by atoms with E-state index in [-0.39, 0.29) is 24.3 Å². The van der Waals surface area contributed by atoms with Crippen molar-refractivity contribution in [1.29, 1.82) is 0 Å². The minimum Gasteiger partial charge on any atom is -0.464 e. The number of epoxide rings is 1. The topological polar surface area (TPSA) is 117 Å². The van der Waals surface area contributed by atoms with Gasteiger partial charge in [-0.3, -0.25) is 14.4 Å². The third-order valence-electron chi connectivity index (χ3n) is 5.43. The van der Waals surface area contributed by atoms with E-state index in [0.29, 0.717) is 32.4 Å². The number of hydrogen-bond donors (Lipinski definition) is 2. The van der Waals surface area contributed by atoms with Crippen molar-refractivity contribution >= 4 is 23.7 Å². The van der Waals surface area contributed by atoms with Gasteiger partial charge in [-0.2, -0.15) is 0 Å². The molecule has 2 heterocycles. The van der Waals surface area contributed by atoms with Gasteiger partial charge in [0.2, 0.25) is 5.91 Å². The molecule has 0 spiro atoms. The van der Waals surface area contributed by atoms with Crippen molar-refractivity contribution in [2.75, 3.05) is 19.7 Å². The van der Waals surface area contributed by atoms with Crippen molar-refractivity contribution in [1.82, 2.24) is 15.5 Å². The summed E-state index contributed by atoms with van der Waals surface area (Å²) < 4.78 is 10.3. The van der Waals surface area contributed by atoms with Crippen LogP contribution in [0.5, 0.6) is 0 Å². The van der Waals surface area contributed by atoms with Crippen LogP contribution in [0.3, 0.4) is 0 Å². The zero-order valence-corrected chi connectivity index (χ0v) is 17.7. The van der Waals surface area contributed by atoms with E-state index in [9.17, 15) is 19.2 Å². The zero-order valence-electron chi connectivity index (χ0n) is 17.7. The fourth-order valence-electron chi connectivity index (χ4n) is 3.47. The van der Waals surface area contributed by atoms with Crippen molar-refractivity contribution in [2.24, 2.45) is 5.92 Å². The summed E-state index contributed by atoms with van der Waals surface area (Å²) in [6, 6.07) is -1.40. The molecule has 0 bridgehead atoms. The number of likely N-dealkylation sites (tertiary alicyclic amines) is 1. The Morgan fingerprint density at radius 3 is 2.45 bits per heavy atom. The standard InChI is InChI=1S/C20H33N3O6/c1-5-10-21-17(24)15-16(29-15)18(25)22-14(12(4)6-2)19(26)23-11-8-9-13(23)20(27)28-7-3/h12-16H,5-11H2,1-4H3,(H,21,24)(H,22,25)/t12-,13+,14-,15-,16?/m0/s1. The molecule has 0 aromatic heterocycles. The maximum Gasteiger partial charge on any atom is 0.328 e. The van der Waals surface area contributed by atoms with Crippen molar-refractivity contribution in [3.05, 3.63) is 0 Å². The van der Waals surface area contributed by atoms with Crippen LogP contribution in [0.1, 0.15) is 53.4 Å². The molecule has 1 unspecified atom stereocenters. The Labute approximate surface area is 171 Å². The van der Waals surface area contributed by atoms with Gasteiger partial charge in [-0.25, -0.2) is 4.79 Å². The molecule has 0 aromatic rings. The van der Waals surface area contributed by atoms with Gasteiger partial charge in [-0.05, 0) is 32.1 Å². The van der Waals surface area contributed by atoms with Crippen molar-refractivity contribution < 1.29 is 28.7 Å². The summed E-state index contributed by atoms with van der Waals surface area (Å²) in [5, 5.41) is 5.45. The Balaban J connectivity index is 2.02. The summed E-state index contributed by atoms with van der Waals surface area (Å²) in [5.74, 6) is -1.64. The van der Waals surface area contributed by atoms with E-state index < -0.39 is 36.2 Å². The summed E-state index contributed by atoms with van der Waals surface area (Å²) >= 11 is 0. The molecule has 2 aliphatic heterocycles. The van der Waals surface area contributed by atoms with E-state index in [2.05, 4.69) is 10.6 Å². The largest absolute Gasteiger partial charge is 0.464 e. The average Bonchev–Trinajstić information content (AvgIpc) is 3.37. The second kappa shape index (κ2) is 10.6. The molecule has 29 heavy (non-hydrogen) atoms. The molecule has 0 aromatic carbocycles. The van der Waals surface area contributed by atoms with Gasteiger partial charge < -0.3 is 25.0 Å². The van der Waals surface area contributed by atoms with Crippen molar-refractivity contribution in [2.45, 2.75) is 77.7 Å². The third kappa shape index (κ3) is 5.68. The Morgan fingerprint density at radius 2 is 1.83 bits per heavy atom. The van der Waals surface area contributed by atoms with Crippen LogP contribution in [0.25, 0.3) is 0 Å². The molecular weight excluding hydrogens is 378 g/mol. The van der Waals surface area contributed by atoms with Gasteiger partial charge in [0.1, 0.15) is 12.1 Å². The summed E-state index contributed by atoms with van der Waals surface area (Å²) in [6.07, 6.45) is 1.02. The van der Waals surface area contributed by atoms with E-state index >= 15 is 0 Å². The van der Waals surface area contributed by atoms with Crippen molar-refractivity contribution in [3.63, 3.8) is 0 Å². The van der Waals surface area contributed by atoms with Crippen LogP contribution in [0.15, 0.2) is 0 Å². The van der Waals surface area contributed by atoms with Gasteiger partial charge >= 0.3 is 5.97 Å². The molecular formula is C20H33N3O6. The van der Waals surface area contributed by atoms with Crippen LogP contribution >= 0.6 is 0 Å². The van der Waals surface area contributed by atoms with Crippen LogP contribution in [-0.4, -0.2) is 72.6 Å². The molecule has 164 valence electrons. The number of carbonyl (C=O) groups excluding carboxylic acids is 4. The second-order valence-electron chi connectivity index (χ2n) is 7.58. The van der Waals surface area contributed by atoms with Crippen LogP contribution in [0.4, 0.5) is 0 Å². The highest BCUT2D eigenvalue weighted by Crippen LogP contribution is 2.25. The molecule has 5 atom stereocenters. The first kappa shape index (κ1) is 23.1. The first-order valence-electron chi connectivity index (χ1n) is 10.6.